The highest BCUT2D eigenvalue weighted by atomic mass is 19.1. The SMILES string of the molecule is CCC(CC(=O)O)NC(=O)c1ccc(F)nc1. The Morgan fingerprint density at radius 1 is 1.53 bits per heavy atom. The van der Waals surface area contributed by atoms with Crippen LogP contribution in [0.25, 0.3) is 0 Å². The smallest absolute Gasteiger partial charge is 0.305 e. The molecule has 0 saturated carbocycles. The van der Waals surface area contributed by atoms with Gasteiger partial charge in [0.1, 0.15) is 0 Å². The summed E-state index contributed by atoms with van der Waals surface area (Å²) in [5.41, 5.74) is 0.204. The number of pyridine rings is 1. The van der Waals surface area contributed by atoms with E-state index in [-0.39, 0.29) is 12.0 Å². The predicted octanol–water partition coefficient (Wildman–Crippen LogP) is 1.20. The number of nitrogens with one attached hydrogen (secondary N) is 1. The van der Waals surface area contributed by atoms with Gasteiger partial charge in [0.2, 0.25) is 5.95 Å². The van der Waals surface area contributed by atoms with Crippen LogP contribution in [0.15, 0.2) is 18.3 Å². The van der Waals surface area contributed by atoms with Gasteiger partial charge < -0.3 is 10.4 Å². The molecule has 1 heterocycles. The third-order valence-electron chi connectivity index (χ3n) is 2.24. The molecular formula is C11H13FN2O3. The molecule has 17 heavy (non-hydrogen) atoms. The Bertz CT molecular complexity index is 406. The molecule has 0 fully saturated rings. The van der Waals surface area contributed by atoms with E-state index < -0.39 is 23.9 Å². The summed E-state index contributed by atoms with van der Waals surface area (Å²) in [5.74, 6) is -2.10. The van der Waals surface area contributed by atoms with Crippen molar-refractivity contribution < 1.29 is 19.1 Å². The second-order valence-electron chi connectivity index (χ2n) is 3.55. The Morgan fingerprint density at radius 3 is 2.71 bits per heavy atom. The van der Waals surface area contributed by atoms with Crippen molar-refractivity contribution >= 4 is 11.9 Å². The standard InChI is InChI=1S/C11H13FN2O3/c1-2-8(5-10(15)16)14-11(17)7-3-4-9(12)13-6-7/h3-4,6,8H,2,5H2,1H3,(H,14,17)(H,15,16). The van der Waals surface area contributed by atoms with E-state index in [1.807, 2.05) is 0 Å². The Labute approximate surface area is 97.7 Å². The van der Waals surface area contributed by atoms with Gasteiger partial charge in [-0.3, -0.25) is 9.59 Å². The molecule has 0 bridgehead atoms. The number of amides is 1. The van der Waals surface area contributed by atoms with E-state index in [2.05, 4.69) is 10.3 Å². The first kappa shape index (κ1) is 13.1. The summed E-state index contributed by atoms with van der Waals surface area (Å²) in [7, 11) is 0. The van der Waals surface area contributed by atoms with E-state index >= 15 is 0 Å². The summed E-state index contributed by atoms with van der Waals surface area (Å²) in [4.78, 5) is 25.5. The molecule has 1 atom stereocenters. The second-order valence-corrected chi connectivity index (χ2v) is 3.55. The molecule has 0 saturated heterocycles. The lowest BCUT2D eigenvalue weighted by atomic mass is 10.1. The van der Waals surface area contributed by atoms with Gasteiger partial charge in [-0.1, -0.05) is 6.92 Å². The zero-order valence-corrected chi connectivity index (χ0v) is 9.31. The molecule has 0 aromatic carbocycles. The molecule has 1 rings (SSSR count). The van der Waals surface area contributed by atoms with E-state index in [0.717, 1.165) is 12.3 Å². The summed E-state index contributed by atoms with van der Waals surface area (Å²) in [6.45, 7) is 1.77. The molecule has 5 nitrogen and oxygen atoms in total. The number of nitrogens with zero attached hydrogens (tertiary/aromatic N) is 1. The molecule has 1 aromatic rings. The predicted molar refractivity (Wildman–Crippen MR) is 58.0 cm³/mol. The van der Waals surface area contributed by atoms with Crippen molar-refractivity contribution in [3.63, 3.8) is 0 Å². The van der Waals surface area contributed by atoms with Crippen molar-refractivity contribution in [1.29, 1.82) is 0 Å². The fourth-order valence-corrected chi connectivity index (χ4v) is 1.29. The van der Waals surface area contributed by atoms with Crippen molar-refractivity contribution in [3.05, 3.63) is 29.8 Å². The Morgan fingerprint density at radius 2 is 2.24 bits per heavy atom. The van der Waals surface area contributed by atoms with Gasteiger partial charge in [0.25, 0.3) is 5.91 Å². The van der Waals surface area contributed by atoms with Gasteiger partial charge in [-0.15, -0.1) is 0 Å². The maximum atomic E-state index is 12.5. The minimum Gasteiger partial charge on any atom is -0.481 e. The summed E-state index contributed by atoms with van der Waals surface area (Å²) in [6.07, 6.45) is 1.47. The topological polar surface area (TPSA) is 79.3 Å². The van der Waals surface area contributed by atoms with Crippen molar-refractivity contribution in [2.45, 2.75) is 25.8 Å². The minimum atomic E-state index is -0.977. The average molecular weight is 240 g/mol. The lowest BCUT2D eigenvalue weighted by Crippen LogP contribution is -2.36. The lowest BCUT2D eigenvalue weighted by Gasteiger charge is -2.14. The van der Waals surface area contributed by atoms with Gasteiger partial charge in [0, 0.05) is 12.2 Å². The van der Waals surface area contributed by atoms with E-state index in [4.69, 9.17) is 5.11 Å². The fraction of sp³-hybridized carbons (Fsp3) is 0.364. The van der Waals surface area contributed by atoms with Crippen molar-refractivity contribution in [2.75, 3.05) is 0 Å². The van der Waals surface area contributed by atoms with Gasteiger partial charge in [-0.25, -0.2) is 4.98 Å². The highest BCUT2D eigenvalue weighted by Crippen LogP contribution is 2.03. The number of carbonyl (C=O) groups is 2. The van der Waals surface area contributed by atoms with Crippen molar-refractivity contribution in [1.82, 2.24) is 10.3 Å². The first-order valence-electron chi connectivity index (χ1n) is 5.17. The van der Waals surface area contributed by atoms with E-state index in [9.17, 15) is 14.0 Å². The van der Waals surface area contributed by atoms with Crippen LogP contribution in [0.3, 0.4) is 0 Å². The Kier molecular flexibility index (Phi) is 4.56. The van der Waals surface area contributed by atoms with Crippen LogP contribution in [0.4, 0.5) is 4.39 Å². The number of rotatable bonds is 5. The van der Waals surface area contributed by atoms with Crippen LogP contribution in [0.1, 0.15) is 30.1 Å². The van der Waals surface area contributed by atoms with Gasteiger partial charge >= 0.3 is 5.97 Å². The van der Waals surface area contributed by atoms with Crippen molar-refractivity contribution in [2.24, 2.45) is 0 Å². The third-order valence-corrected chi connectivity index (χ3v) is 2.24. The zero-order valence-electron chi connectivity index (χ0n) is 9.31. The summed E-state index contributed by atoms with van der Waals surface area (Å²) in [5, 5.41) is 11.2. The monoisotopic (exact) mass is 240 g/mol. The largest absolute Gasteiger partial charge is 0.481 e. The molecule has 0 aliphatic rings. The zero-order chi connectivity index (χ0) is 12.8. The van der Waals surface area contributed by atoms with Crippen LogP contribution in [-0.4, -0.2) is 28.0 Å². The number of halogens is 1. The van der Waals surface area contributed by atoms with Crippen LogP contribution in [-0.2, 0) is 4.79 Å². The fourth-order valence-electron chi connectivity index (χ4n) is 1.29. The van der Waals surface area contributed by atoms with Gasteiger partial charge in [0.05, 0.1) is 12.0 Å². The number of hydrogen-bond donors (Lipinski definition) is 2. The van der Waals surface area contributed by atoms with Crippen LogP contribution in [0.5, 0.6) is 0 Å². The van der Waals surface area contributed by atoms with Crippen molar-refractivity contribution in [3.8, 4) is 0 Å². The van der Waals surface area contributed by atoms with Crippen LogP contribution in [0, 0.1) is 5.95 Å². The molecule has 1 aromatic heterocycles. The van der Waals surface area contributed by atoms with Gasteiger partial charge in [-0.05, 0) is 18.6 Å². The van der Waals surface area contributed by atoms with E-state index in [1.165, 1.54) is 6.07 Å². The Balaban J connectivity index is 2.64. The highest BCUT2D eigenvalue weighted by molar-refractivity contribution is 5.94. The molecule has 0 aliphatic carbocycles. The Hall–Kier alpha value is -1.98. The van der Waals surface area contributed by atoms with Crippen LogP contribution in [0.2, 0.25) is 0 Å². The first-order valence-corrected chi connectivity index (χ1v) is 5.17. The maximum absolute atomic E-state index is 12.5. The molecule has 6 heteroatoms. The molecule has 2 N–H and O–H groups in total. The number of aromatic nitrogens is 1. The minimum absolute atomic E-state index is 0.142. The molecular weight excluding hydrogens is 227 g/mol. The second kappa shape index (κ2) is 5.93. The molecule has 0 aliphatic heterocycles. The summed E-state index contributed by atoms with van der Waals surface area (Å²) in [6, 6.07) is 1.93. The van der Waals surface area contributed by atoms with Crippen LogP contribution >= 0.6 is 0 Å². The number of aliphatic carboxylic acids is 1. The van der Waals surface area contributed by atoms with E-state index in [1.54, 1.807) is 6.92 Å². The number of carbonyl (C=O) groups excluding carboxylic acids is 1. The highest BCUT2D eigenvalue weighted by Gasteiger charge is 2.15. The molecule has 92 valence electrons. The summed E-state index contributed by atoms with van der Waals surface area (Å²) < 4.78 is 12.5. The number of hydrogen-bond acceptors (Lipinski definition) is 3. The van der Waals surface area contributed by atoms with E-state index in [0.29, 0.717) is 6.42 Å². The molecule has 1 unspecified atom stereocenters. The third kappa shape index (κ3) is 4.18. The van der Waals surface area contributed by atoms with Gasteiger partial charge in [-0.2, -0.15) is 4.39 Å². The molecule has 0 spiro atoms. The lowest BCUT2D eigenvalue weighted by molar-refractivity contribution is -0.137. The van der Waals surface area contributed by atoms with Crippen LogP contribution < -0.4 is 5.32 Å². The quantitative estimate of drug-likeness (QED) is 0.758. The first-order chi connectivity index (χ1) is 8.02. The van der Waals surface area contributed by atoms with Gasteiger partial charge in [0.15, 0.2) is 0 Å². The number of carboxylic acid groups (broad SMARTS) is 1. The summed E-state index contributed by atoms with van der Waals surface area (Å²) >= 11 is 0. The normalized spacial score (nSPS) is 11.9. The molecule has 0 radical (unpaired) electrons. The molecule has 1 amide bonds. The average Bonchev–Trinajstić information content (AvgIpc) is 2.28. The maximum Gasteiger partial charge on any atom is 0.305 e. The number of carboxylic acids is 1.